The molecule has 1 aliphatic heterocycles. The molecule has 2 atom stereocenters. The van der Waals surface area contributed by atoms with Crippen LogP contribution in [-0.2, 0) is 5.60 Å². The number of likely N-dealkylation sites (tertiary alicyclic amines) is 1. The minimum atomic E-state index is -1.21. The highest BCUT2D eigenvalue weighted by atomic mass is 35.5. The van der Waals surface area contributed by atoms with E-state index in [9.17, 15) is 15.0 Å². The predicted molar refractivity (Wildman–Crippen MR) is 116 cm³/mol. The number of piperidine rings is 1. The fourth-order valence-electron chi connectivity index (χ4n) is 4.45. The number of rotatable bonds is 6. The standard InChI is InChI=1S/C23H29ClN2O3/c1-16-6-2-7-17(14-16)21-19(9-3-10-20(21)24)23(29,11-5-12-25)18-8-4-13-26(15-18)22(27)28/h2-3,6-7,9-10,14,18,29H,4-5,8,11-13,15,25H2,1H3,(H,27,28). The minimum Gasteiger partial charge on any atom is -0.465 e. The molecule has 0 aliphatic carbocycles. The van der Waals surface area contributed by atoms with E-state index < -0.39 is 11.7 Å². The van der Waals surface area contributed by atoms with Crippen LogP contribution in [0.2, 0.25) is 5.02 Å². The summed E-state index contributed by atoms with van der Waals surface area (Å²) in [6.45, 7) is 3.28. The molecular weight excluding hydrogens is 388 g/mol. The number of halogens is 1. The van der Waals surface area contributed by atoms with E-state index in [1.54, 1.807) is 0 Å². The predicted octanol–water partition coefficient (Wildman–Crippen LogP) is 4.63. The van der Waals surface area contributed by atoms with Crippen LogP contribution in [0.15, 0.2) is 42.5 Å². The second kappa shape index (κ2) is 9.16. The Kier molecular flexibility index (Phi) is 6.83. The van der Waals surface area contributed by atoms with E-state index in [0.717, 1.165) is 35.1 Å². The van der Waals surface area contributed by atoms with Gasteiger partial charge in [-0.25, -0.2) is 4.79 Å². The Hall–Kier alpha value is -2.08. The van der Waals surface area contributed by atoms with Crippen LogP contribution in [0.1, 0.15) is 36.8 Å². The SMILES string of the molecule is Cc1cccc(-c2c(Cl)cccc2C(O)(CCCN)C2CCCN(C(=O)O)C2)c1. The third-order valence-corrected chi connectivity index (χ3v) is 6.23. The Morgan fingerprint density at radius 2 is 2.07 bits per heavy atom. The van der Waals surface area contributed by atoms with Crippen LogP contribution in [0.3, 0.4) is 0 Å². The van der Waals surface area contributed by atoms with Crippen molar-refractivity contribution < 1.29 is 15.0 Å². The summed E-state index contributed by atoms with van der Waals surface area (Å²) < 4.78 is 0. The fourth-order valence-corrected chi connectivity index (χ4v) is 4.73. The maximum Gasteiger partial charge on any atom is 0.407 e. The molecule has 156 valence electrons. The van der Waals surface area contributed by atoms with E-state index in [1.807, 2.05) is 43.3 Å². The Bertz CT molecular complexity index is 873. The molecule has 6 heteroatoms. The van der Waals surface area contributed by atoms with Crippen molar-refractivity contribution >= 4 is 17.7 Å². The summed E-state index contributed by atoms with van der Waals surface area (Å²) in [7, 11) is 0. The molecule has 29 heavy (non-hydrogen) atoms. The van der Waals surface area contributed by atoms with Gasteiger partial charge in [0, 0.05) is 29.6 Å². The van der Waals surface area contributed by atoms with E-state index in [-0.39, 0.29) is 5.92 Å². The molecule has 4 N–H and O–H groups in total. The molecule has 0 spiro atoms. The monoisotopic (exact) mass is 416 g/mol. The van der Waals surface area contributed by atoms with Crippen molar-refractivity contribution in [3.8, 4) is 11.1 Å². The van der Waals surface area contributed by atoms with Crippen LogP contribution in [0.25, 0.3) is 11.1 Å². The van der Waals surface area contributed by atoms with Gasteiger partial charge in [-0.15, -0.1) is 0 Å². The van der Waals surface area contributed by atoms with Crippen molar-refractivity contribution in [3.05, 3.63) is 58.6 Å². The van der Waals surface area contributed by atoms with E-state index in [1.165, 1.54) is 4.90 Å². The lowest BCUT2D eigenvalue weighted by Gasteiger charge is -2.43. The zero-order valence-electron chi connectivity index (χ0n) is 16.8. The Balaban J connectivity index is 2.12. The number of aliphatic hydroxyl groups is 1. The van der Waals surface area contributed by atoms with E-state index in [4.69, 9.17) is 17.3 Å². The highest BCUT2D eigenvalue weighted by molar-refractivity contribution is 6.33. The number of benzene rings is 2. The number of nitrogens with two attached hydrogens (primary N) is 1. The first-order valence-corrected chi connectivity index (χ1v) is 10.5. The molecule has 1 aliphatic rings. The normalized spacial score (nSPS) is 19.0. The van der Waals surface area contributed by atoms with Gasteiger partial charge in [0.15, 0.2) is 0 Å². The van der Waals surface area contributed by atoms with Gasteiger partial charge < -0.3 is 20.8 Å². The molecule has 0 radical (unpaired) electrons. The van der Waals surface area contributed by atoms with Crippen LogP contribution in [0.4, 0.5) is 4.79 Å². The number of carboxylic acid groups (broad SMARTS) is 1. The zero-order valence-corrected chi connectivity index (χ0v) is 17.5. The molecule has 0 bridgehead atoms. The van der Waals surface area contributed by atoms with E-state index in [2.05, 4.69) is 6.07 Å². The summed E-state index contributed by atoms with van der Waals surface area (Å²) in [5.74, 6) is -0.221. The molecule has 1 amide bonds. The number of carbonyl (C=O) groups is 1. The molecule has 0 saturated carbocycles. The second-order valence-electron chi connectivity index (χ2n) is 7.92. The van der Waals surface area contributed by atoms with Gasteiger partial charge in [0.05, 0.1) is 5.60 Å². The molecule has 2 aromatic carbocycles. The zero-order chi connectivity index (χ0) is 21.0. The van der Waals surface area contributed by atoms with Crippen LogP contribution >= 0.6 is 11.6 Å². The summed E-state index contributed by atoms with van der Waals surface area (Å²) >= 11 is 6.63. The first-order chi connectivity index (χ1) is 13.9. The first kappa shape index (κ1) is 21.6. The van der Waals surface area contributed by atoms with Crippen molar-refractivity contribution in [2.24, 2.45) is 11.7 Å². The van der Waals surface area contributed by atoms with Gasteiger partial charge in [-0.05, 0) is 56.3 Å². The maximum absolute atomic E-state index is 12.0. The number of amides is 1. The highest BCUT2D eigenvalue weighted by Gasteiger charge is 2.42. The number of nitrogens with zero attached hydrogens (tertiary/aromatic N) is 1. The summed E-state index contributed by atoms with van der Waals surface area (Å²) in [5.41, 5.74) is 8.18. The van der Waals surface area contributed by atoms with E-state index >= 15 is 0 Å². The Morgan fingerprint density at radius 1 is 1.31 bits per heavy atom. The molecular formula is C23H29ClN2O3. The summed E-state index contributed by atoms with van der Waals surface area (Å²) in [6.07, 6.45) is 1.63. The van der Waals surface area contributed by atoms with Crippen LogP contribution in [0.5, 0.6) is 0 Å². The molecule has 1 saturated heterocycles. The first-order valence-electron chi connectivity index (χ1n) is 10.1. The quantitative estimate of drug-likeness (QED) is 0.640. The largest absolute Gasteiger partial charge is 0.465 e. The van der Waals surface area contributed by atoms with Gasteiger partial charge in [-0.2, -0.15) is 0 Å². The van der Waals surface area contributed by atoms with Crippen molar-refractivity contribution in [1.82, 2.24) is 4.90 Å². The van der Waals surface area contributed by atoms with Gasteiger partial charge in [-0.1, -0.05) is 53.6 Å². The lowest BCUT2D eigenvalue weighted by Crippen LogP contribution is -2.48. The molecule has 2 aromatic rings. The fraction of sp³-hybridized carbons (Fsp3) is 0.435. The Labute approximate surface area is 177 Å². The van der Waals surface area contributed by atoms with Crippen molar-refractivity contribution in [1.29, 1.82) is 0 Å². The molecule has 2 unspecified atom stereocenters. The lowest BCUT2D eigenvalue weighted by molar-refractivity contribution is -0.0567. The number of hydrogen-bond donors (Lipinski definition) is 3. The average molecular weight is 417 g/mol. The average Bonchev–Trinajstić information content (AvgIpc) is 2.72. The highest BCUT2D eigenvalue weighted by Crippen LogP contribution is 2.45. The molecule has 3 rings (SSSR count). The van der Waals surface area contributed by atoms with Gasteiger partial charge in [-0.3, -0.25) is 0 Å². The lowest BCUT2D eigenvalue weighted by atomic mass is 9.72. The van der Waals surface area contributed by atoms with Gasteiger partial charge in [0.2, 0.25) is 0 Å². The maximum atomic E-state index is 12.0. The van der Waals surface area contributed by atoms with Crippen LogP contribution in [-0.4, -0.2) is 40.8 Å². The number of aryl methyl sites for hydroxylation is 1. The summed E-state index contributed by atoms with van der Waals surface area (Å²) in [4.78, 5) is 13.0. The van der Waals surface area contributed by atoms with Crippen molar-refractivity contribution in [2.45, 2.75) is 38.2 Å². The molecule has 1 fully saturated rings. The second-order valence-corrected chi connectivity index (χ2v) is 8.32. The third-order valence-electron chi connectivity index (χ3n) is 5.92. The van der Waals surface area contributed by atoms with Gasteiger partial charge in [0.25, 0.3) is 0 Å². The van der Waals surface area contributed by atoms with Crippen molar-refractivity contribution in [2.75, 3.05) is 19.6 Å². The van der Waals surface area contributed by atoms with Gasteiger partial charge in [0.1, 0.15) is 0 Å². The van der Waals surface area contributed by atoms with Crippen LogP contribution in [0, 0.1) is 12.8 Å². The number of hydrogen-bond acceptors (Lipinski definition) is 3. The van der Waals surface area contributed by atoms with E-state index in [0.29, 0.717) is 37.5 Å². The topological polar surface area (TPSA) is 86.8 Å². The Morgan fingerprint density at radius 3 is 2.76 bits per heavy atom. The molecule has 1 heterocycles. The summed E-state index contributed by atoms with van der Waals surface area (Å²) in [6, 6.07) is 13.6. The van der Waals surface area contributed by atoms with Gasteiger partial charge >= 0.3 is 6.09 Å². The van der Waals surface area contributed by atoms with Crippen molar-refractivity contribution in [3.63, 3.8) is 0 Å². The smallest absolute Gasteiger partial charge is 0.407 e. The molecule has 0 aromatic heterocycles. The minimum absolute atomic E-state index is 0.221. The third kappa shape index (κ3) is 4.58. The van der Waals surface area contributed by atoms with Crippen LogP contribution < -0.4 is 5.73 Å². The molecule has 5 nitrogen and oxygen atoms in total. The summed E-state index contributed by atoms with van der Waals surface area (Å²) in [5, 5.41) is 22.1.